The molecule has 11 rings (SSSR count). The molecule has 3 heteroatoms. The van der Waals surface area contributed by atoms with Gasteiger partial charge in [0.25, 0.3) is 0 Å². The van der Waals surface area contributed by atoms with Crippen LogP contribution in [0.25, 0.3) is 65.7 Å². The van der Waals surface area contributed by atoms with Gasteiger partial charge in [0.05, 0.1) is 11.4 Å². The summed E-state index contributed by atoms with van der Waals surface area (Å²) >= 11 is 0. The van der Waals surface area contributed by atoms with Crippen LogP contribution >= 0.6 is 0 Å². The number of benzene rings is 10. The summed E-state index contributed by atoms with van der Waals surface area (Å²) in [5.74, 6) is 0.472. The van der Waals surface area contributed by atoms with E-state index >= 15 is 0 Å². The van der Waals surface area contributed by atoms with Gasteiger partial charge in [-0.3, -0.25) is 0 Å². The zero-order valence-corrected chi connectivity index (χ0v) is 38.2. The van der Waals surface area contributed by atoms with Crippen molar-refractivity contribution in [1.82, 2.24) is 0 Å². The maximum absolute atomic E-state index is 6.81. The van der Waals surface area contributed by atoms with Gasteiger partial charge in [-0.05, 0) is 140 Å². The van der Waals surface area contributed by atoms with Gasteiger partial charge in [-0.25, -0.2) is 0 Å². The van der Waals surface area contributed by atoms with Gasteiger partial charge in [0.1, 0.15) is 11.2 Å². The fourth-order valence-electron chi connectivity index (χ4n) is 9.55. The second kappa shape index (κ2) is 16.6. The lowest BCUT2D eigenvalue weighted by Crippen LogP contribution is -2.13. The first-order valence-electron chi connectivity index (χ1n) is 23.1. The molecule has 10 aromatic carbocycles. The van der Waals surface area contributed by atoms with Crippen LogP contribution in [0.5, 0.6) is 0 Å². The van der Waals surface area contributed by atoms with Gasteiger partial charge >= 0.3 is 0 Å². The highest BCUT2D eigenvalue weighted by molar-refractivity contribution is 6.14. The van der Waals surface area contributed by atoms with Crippen molar-refractivity contribution in [3.05, 3.63) is 230 Å². The van der Waals surface area contributed by atoms with Crippen LogP contribution in [0.4, 0.5) is 34.1 Å². The van der Waals surface area contributed by atoms with E-state index in [0.29, 0.717) is 5.92 Å². The number of anilines is 6. The highest BCUT2D eigenvalue weighted by Crippen LogP contribution is 2.45. The van der Waals surface area contributed by atoms with E-state index in [-0.39, 0.29) is 5.41 Å². The van der Waals surface area contributed by atoms with Crippen molar-refractivity contribution in [3.63, 3.8) is 0 Å². The predicted octanol–water partition coefficient (Wildman–Crippen LogP) is 18.6. The summed E-state index contributed by atoms with van der Waals surface area (Å²) in [5, 5.41) is 6.80. The van der Waals surface area contributed by atoms with Crippen molar-refractivity contribution in [2.45, 2.75) is 46.0 Å². The van der Waals surface area contributed by atoms with Gasteiger partial charge in [0.15, 0.2) is 0 Å². The Morgan fingerprint density at radius 2 is 0.818 bits per heavy atom. The Bertz CT molecular complexity index is 3530. The summed E-state index contributed by atoms with van der Waals surface area (Å²) in [6, 6.07) is 79.5. The average molecular weight is 853 g/mol. The fourth-order valence-corrected chi connectivity index (χ4v) is 9.55. The van der Waals surface area contributed by atoms with Gasteiger partial charge in [0, 0.05) is 44.6 Å². The van der Waals surface area contributed by atoms with E-state index in [1.165, 1.54) is 44.2 Å². The van der Waals surface area contributed by atoms with Crippen molar-refractivity contribution in [1.29, 1.82) is 0 Å². The molecule has 66 heavy (non-hydrogen) atoms. The van der Waals surface area contributed by atoms with Crippen LogP contribution in [0, 0.1) is 0 Å². The summed E-state index contributed by atoms with van der Waals surface area (Å²) in [6.45, 7) is 11.3. The minimum atomic E-state index is 0.0474. The van der Waals surface area contributed by atoms with E-state index in [0.717, 1.165) is 66.8 Å². The van der Waals surface area contributed by atoms with E-state index < -0.39 is 0 Å². The Morgan fingerprint density at radius 3 is 1.32 bits per heavy atom. The quantitative estimate of drug-likeness (QED) is 0.144. The summed E-state index contributed by atoms with van der Waals surface area (Å²) < 4.78 is 6.81. The van der Waals surface area contributed by atoms with Crippen LogP contribution in [0.1, 0.15) is 51.7 Å². The number of para-hydroxylation sites is 3. The normalized spacial score (nSPS) is 11.8. The standard InChI is InChI=1S/C63H52N2O/c1-42(2)43-24-26-45(27-25-43)56-21-13-15-23-60(56)65(52-34-30-50(31-35-52)63(3,4)5)54-33-29-47-39-58-57-38-46-28-32-53(36-48(46)40-61(57)66-62(58)41-49(47)37-54)64(51-18-10-7-11-19-51)59-22-14-12-20-55(59)44-16-8-6-9-17-44/h6-42H,1-5H3. The lowest BCUT2D eigenvalue weighted by molar-refractivity contribution is 0.590. The second-order valence-corrected chi connectivity index (χ2v) is 18.8. The third kappa shape index (κ3) is 7.57. The first-order valence-corrected chi connectivity index (χ1v) is 23.1. The molecule has 3 nitrogen and oxygen atoms in total. The summed E-state index contributed by atoms with van der Waals surface area (Å²) in [6.07, 6.45) is 0. The molecular formula is C63H52N2O. The number of furan rings is 1. The van der Waals surface area contributed by atoms with Crippen LogP contribution in [0.2, 0.25) is 0 Å². The molecule has 11 aromatic rings. The molecule has 0 fully saturated rings. The van der Waals surface area contributed by atoms with Crippen LogP contribution < -0.4 is 9.80 Å². The minimum absolute atomic E-state index is 0.0474. The van der Waals surface area contributed by atoms with Crippen molar-refractivity contribution < 1.29 is 4.42 Å². The zero-order chi connectivity index (χ0) is 44.9. The second-order valence-electron chi connectivity index (χ2n) is 18.8. The predicted molar refractivity (Wildman–Crippen MR) is 282 cm³/mol. The zero-order valence-electron chi connectivity index (χ0n) is 38.2. The van der Waals surface area contributed by atoms with Gasteiger partial charge in [-0.2, -0.15) is 0 Å². The molecule has 0 unspecified atom stereocenters. The lowest BCUT2D eigenvalue weighted by Gasteiger charge is -2.29. The van der Waals surface area contributed by atoms with Gasteiger partial charge in [-0.15, -0.1) is 0 Å². The molecule has 0 atom stereocenters. The summed E-state index contributed by atoms with van der Waals surface area (Å²) in [7, 11) is 0. The molecular weight excluding hydrogens is 801 g/mol. The molecule has 0 saturated heterocycles. The highest BCUT2D eigenvalue weighted by Gasteiger charge is 2.22. The van der Waals surface area contributed by atoms with E-state index in [1.807, 2.05) is 0 Å². The van der Waals surface area contributed by atoms with Gasteiger partial charge in [0.2, 0.25) is 0 Å². The first-order chi connectivity index (χ1) is 32.2. The molecule has 0 spiro atoms. The Balaban J connectivity index is 1.02. The lowest BCUT2D eigenvalue weighted by atomic mass is 9.87. The summed E-state index contributed by atoms with van der Waals surface area (Å²) in [4.78, 5) is 4.76. The van der Waals surface area contributed by atoms with E-state index in [1.54, 1.807) is 0 Å². The van der Waals surface area contributed by atoms with Crippen molar-refractivity contribution in [2.24, 2.45) is 0 Å². The molecule has 0 bridgehead atoms. The number of fused-ring (bicyclic) bond motifs is 5. The third-order valence-corrected chi connectivity index (χ3v) is 13.1. The third-order valence-electron chi connectivity index (χ3n) is 13.1. The maximum Gasteiger partial charge on any atom is 0.136 e. The molecule has 0 aliphatic heterocycles. The monoisotopic (exact) mass is 852 g/mol. The highest BCUT2D eigenvalue weighted by atomic mass is 16.3. The molecule has 1 heterocycles. The van der Waals surface area contributed by atoms with Crippen molar-refractivity contribution >= 4 is 77.6 Å². The smallest absolute Gasteiger partial charge is 0.136 e. The molecule has 0 N–H and O–H groups in total. The molecule has 0 radical (unpaired) electrons. The number of hydrogen-bond donors (Lipinski definition) is 0. The summed E-state index contributed by atoms with van der Waals surface area (Å²) in [5.41, 5.74) is 15.8. The molecule has 320 valence electrons. The fraction of sp³-hybridized carbons (Fsp3) is 0.111. The van der Waals surface area contributed by atoms with Gasteiger partial charge in [-0.1, -0.05) is 168 Å². The maximum atomic E-state index is 6.81. The molecule has 0 aliphatic carbocycles. The number of hydrogen-bond acceptors (Lipinski definition) is 3. The topological polar surface area (TPSA) is 19.6 Å². The van der Waals surface area contributed by atoms with E-state index in [2.05, 4.69) is 263 Å². The Labute approximate surface area is 387 Å². The van der Waals surface area contributed by atoms with E-state index in [4.69, 9.17) is 4.42 Å². The van der Waals surface area contributed by atoms with Crippen LogP contribution in [-0.4, -0.2) is 0 Å². The Kier molecular flexibility index (Phi) is 10.3. The number of nitrogens with zero attached hydrogens (tertiary/aromatic N) is 2. The first kappa shape index (κ1) is 40.9. The Morgan fingerprint density at radius 1 is 0.379 bits per heavy atom. The van der Waals surface area contributed by atoms with Crippen molar-refractivity contribution in [3.8, 4) is 22.3 Å². The molecule has 0 aliphatic rings. The molecule has 1 aromatic heterocycles. The van der Waals surface area contributed by atoms with Gasteiger partial charge < -0.3 is 14.2 Å². The van der Waals surface area contributed by atoms with E-state index in [9.17, 15) is 0 Å². The molecule has 0 saturated carbocycles. The Hall–Kier alpha value is -7.88. The average Bonchev–Trinajstić information content (AvgIpc) is 3.69. The minimum Gasteiger partial charge on any atom is -0.456 e. The number of rotatable bonds is 9. The largest absolute Gasteiger partial charge is 0.456 e. The van der Waals surface area contributed by atoms with Crippen LogP contribution in [0.15, 0.2) is 223 Å². The van der Waals surface area contributed by atoms with Crippen molar-refractivity contribution in [2.75, 3.05) is 9.80 Å². The molecule has 0 amide bonds. The van der Waals surface area contributed by atoms with Crippen LogP contribution in [0.3, 0.4) is 0 Å². The SMILES string of the molecule is CC(C)c1ccc(-c2ccccc2N(c2ccc(C(C)(C)C)cc2)c2ccc3cc4c(cc3c2)oc2cc3cc(N(c5ccccc5)c5ccccc5-c5ccccc5)ccc3cc24)cc1. The van der Waals surface area contributed by atoms with Crippen LogP contribution in [-0.2, 0) is 5.41 Å².